The van der Waals surface area contributed by atoms with E-state index in [0.717, 1.165) is 23.7 Å². The summed E-state index contributed by atoms with van der Waals surface area (Å²) in [6.45, 7) is 4.36. The van der Waals surface area contributed by atoms with Gasteiger partial charge in [0.25, 0.3) is 0 Å². The minimum absolute atomic E-state index is 0.210. The van der Waals surface area contributed by atoms with Crippen LogP contribution in [0.15, 0.2) is 0 Å². The van der Waals surface area contributed by atoms with Crippen molar-refractivity contribution in [3.8, 4) is 0 Å². The lowest BCUT2D eigenvalue weighted by Gasteiger charge is -2.11. The molecular weight excluding hydrogens is 252 g/mol. The Labute approximate surface area is 114 Å². The molecule has 0 heterocycles. The van der Waals surface area contributed by atoms with Gasteiger partial charge in [-0.2, -0.15) is 11.8 Å². The highest BCUT2D eigenvalue weighted by Crippen LogP contribution is 2.19. The van der Waals surface area contributed by atoms with Crippen LogP contribution >= 0.6 is 23.5 Å². The highest BCUT2D eigenvalue weighted by atomic mass is 32.2. The third-order valence-electron chi connectivity index (χ3n) is 2.50. The summed E-state index contributed by atoms with van der Waals surface area (Å²) >= 11 is 3.40. The number of carboxylic acid groups (broad SMARTS) is 1. The van der Waals surface area contributed by atoms with Crippen molar-refractivity contribution in [1.29, 1.82) is 0 Å². The topological polar surface area (TPSA) is 37.3 Å². The zero-order valence-corrected chi connectivity index (χ0v) is 12.7. The van der Waals surface area contributed by atoms with Crippen molar-refractivity contribution >= 4 is 29.5 Å². The van der Waals surface area contributed by atoms with Gasteiger partial charge in [-0.3, -0.25) is 4.79 Å². The smallest absolute Gasteiger partial charge is 0.317 e. The zero-order chi connectivity index (χ0) is 12.9. The maximum absolute atomic E-state index is 11.0. The number of thioether (sulfide) groups is 2. The molecule has 102 valence electrons. The van der Waals surface area contributed by atoms with Gasteiger partial charge in [-0.1, -0.05) is 39.5 Å². The molecule has 17 heavy (non-hydrogen) atoms. The van der Waals surface area contributed by atoms with E-state index in [4.69, 9.17) is 5.11 Å². The predicted molar refractivity (Wildman–Crippen MR) is 80.3 cm³/mol. The maximum atomic E-state index is 11.0. The van der Waals surface area contributed by atoms with Crippen molar-refractivity contribution < 1.29 is 9.90 Å². The van der Waals surface area contributed by atoms with Gasteiger partial charge in [-0.05, 0) is 24.3 Å². The SMILES string of the molecule is CCCCCSCC(SCCCCC)C(=O)O. The number of hydrogen-bond acceptors (Lipinski definition) is 3. The van der Waals surface area contributed by atoms with Gasteiger partial charge in [0, 0.05) is 5.75 Å². The Balaban J connectivity index is 3.57. The van der Waals surface area contributed by atoms with E-state index in [1.165, 1.54) is 32.1 Å². The second kappa shape index (κ2) is 12.6. The van der Waals surface area contributed by atoms with Gasteiger partial charge in [0.15, 0.2) is 0 Å². The Morgan fingerprint density at radius 2 is 1.65 bits per heavy atom. The van der Waals surface area contributed by atoms with Gasteiger partial charge in [0.2, 0.25) is 0 Å². The molecule has 0 rings (SSSR count). The third-order valence-corrected chi connectivity index (χ3v) is 5.16. The minimum Gasteiger partial charge on any atom is -0.480 e. The van der Waals surface area contributed by atoms with E-state index < -0.39 is 5.97 Å². The minimum atomic E-state index is -0.644. The van der Waals surface area contributed by atoms with E-state index in [1.54, 1.807) is 23.5 Å². The number of carbonyl (C=O) groups is 1. The molecule has 0 fully saturated rings. The Morgan fingerprint density at radius 1 is 1.06 bits per heavy atom. The van der Waals surface area contributed by atoms with Crippen molar-refractivity contribution in [3.63, 3.8) is 0 Å². The standard InChI is InChI=1S/C13H26O2S2/c1-3-5-7-9-16-11-12(13(14)15)17-10-8-6-4-2/h12H,3-11H2,1-2H3,(H,14,15). The van der Waals surface area contributed by atoms with Crippen molar-refractivity contribution in [3.05, 3.63) is 0 Å². The highest BCUT2D eigenvalue weighted by Gasteiger charge is 2.17. The molecule has 0 saturated heterocycles. The Hall–Kier alpha value is 0.170. The quantitative estimate of drug-likeness (QED) is 0.540. The molecule has 0 aliphatic carbocycles. The van der Waals surface area contributed by atoms with Crippen molar-refractivity contribution in [2.75, 3.05) is 17.3 Å². The summed E-state index contributed by atoms with van der Waals surface area (Å²) in [5, 5.41) is 8.89. The molecule has 1 unspecified atom stereocenters. The first kappa shape index (κ1) is 17.2. The summed E-state index contributed by atoms with van der Waals surface area (Å²) in [6.07, 6.45) is 7.26. The molecule has 0 aromatic heterocycles. The summed E-state index contributed by atoms with van der Waals surface area (Å²) in [6, 6.07) is 0. The molecule has 0 saturated carbocycles. The van der Waals surface area contributed by atoms with Crippen molar-refractivity contribution in [2.24, 2.45) is 0 Å². The van der Waals surface area contributed by atoms with Gasteiger partial charge in [-0.25, -0.2) is 0 Å². The largest absolute Gasteiger partial charge is 0.480 e. The fourth-order valence-electron chi connectivity index (χ4n) is 1.41. The monoisotopic (exact) mass is 278 g/mol. The van der Waals surface area contributed by atoms with Crippen molar-refractivity contribution in [1.82, 2.24) is 0 Å². The summed E-state index contributed by atoms with van der Waals surface area (Å²) in [5.74, 6) is 2.21. The molecule has 0 bridgehead atoms. The second-order valence-corrected chi connectivity index (χ2v) is 6.65. The van der Waals surface area contributed by atoms with Crippen LogP contribution in [0.25, 0.3) is 0 Å². The fraction of sp³-hybridized carbons (Fsp3) is 0.923. The van der Waals surface area contributed by atoms with Crippen LogP contribution in [0.2, 0.25) is 0 Å². The number of rotatable bonds is 12. The fourth-order valence-corrected chi connectivity index (χ4v) is 3.82. The molecule has 0 aromatic carbocycles. The van der Waals surface area contributed by atoms with Crippen molar-refractivity contribution in [2.45, 2.75) is 57.6 Å². The lowest BCUT2D eigenvalue weighted by molar-refractivity contribution is -0.135. The second-order valence-electron chi connectivity index (χ2n) is 4.19. The predicted octanol–water partition coefficient (Wildman–Crippen LogP) is 4.29. The first-order valence-corrected chi connectivity index (χ1v) is 8.84. The lowest BCUT2D eigenvalue weighted by Crippen LogP contribution is -2.20. The molecule has 2 nitrogen and oxygen atoms in total. The summed E-state index contributed by atoms with van der Waals surface area (Å²) < 4.78 is 0. The lowest BCUT2D eigenvalue weighted by atomic mass is 10.3. The number of hydrogen-bond donors (Lipinski definition) is 1. The molecule has 0 amide bonds. The van der Waals surface area contributed by atoms with Crippen LogP contribution in [0.3, 0.4) is 0 Å². The van der Waals surface area contributed by atoms with E-state index in [0.29, 0.717) is 0 Å². The van der Waals surface area contributed by atoms with Crippen LogP contribution in [0.4, 0.5) is 0 Å². The van der Waals surface area contributed by atoms with Crippen LogP contribution in [0.1, 0.15) is 52.4 Å². The van der Waals surface area contributed by atoms with Crippen LogP contribution in [0.5, 0.6) is 0 Å². The number of carboxylic acids is 1. The van der Waals surface area contributed by atoms with Gasteiger partial charge in [-0.15, -0.1) is 11.8 Å². The first-order valence-electron chi connectivity index (χ1n) is 6.64. The molecule has 0 spiro atoms. The maximum Gasteiger partial charge on any atom is 0.317 e. The molecule has 1 N–H and O–H groups in total. The third kappa shape index (κ3) is 11.0. The molecule has 0 aliphatic rings. The molecule has 1 atom stereocenters. The van der Waals surface area contributed by atoms with Gasteiger partial charge in [0.1, 0.15) is 5.25 Å². The Kier molecular flexibility index (Phi) is 12.7. The Bertz CT molecular complexity index is 186. The van der Waals surface area contributed by atoms with Gasteiger partial charge in [0.05, 0.1) is 0 Å². The van der Waals surface area contributed by atoms with E-state index >= 15 is 0 Å². The van der Waals surface area contributed by atoms with E-state index in [2.05, 4.69) is 13.8 Å². The van der Waals surface area contributed by atoms with E-state index in [1.807, 2.05) is 0 Å². The summed E-state index contributed by atoms with van der Waals surface area (Å²) in [5.41, 5.74) is 0. The summed E-state index contributed by atoms with van der Waals surface area (Å²) in [4.78, 5) is 11.0. The average Bonchev–Trinajstić information content (AvgIpc) is 2.31. The zero-order valence-electron chi connectivity index (χ0n) is 11.1. The normalized spacial score (nSPS) is 12.6. The number of unbranched alkanes of at least 4 members (excludes halogenated alkanes) is 4. The molecule has 0 aliphatic heterocycles. The summed E-state index contributed by atoms with van der Waals surface area (Å²) in [7, 11) is 0. The van der Waals surface area contributed by atoms with Crippen LogP contribution in [-0.4, -0.2) is 33.6 Å². The first-order chi connectivity index (χ1) is 8.22. The molecule has 0 aromatic rings. The highest BCUT2D eigenvalue weighted by molar-refractivity contribution is 8.03. The molecule has 0 radical (unpaired) electrons. The average molecular weight is 278 g/mol. The van der Waals surface area contributed by atoms with Crippen LogP contribution in [-0.2, 0) is 4.79 Å². The number of aliphatic carboxylic acids is 1. The molecule has 4 heteroatoms. The van der Waals surface area contributed by atoms with Gasteiger partial charge >= 0.3 is 5.97 Å². The van der Waals surface area contributed by atoms with Crippen LogP contribution in [0, 0.1) is 0 Å². The Morgan fingerprint density at radius 3 is 2.18 bits per heavy atom. The van der Waals surface area contributed by atoms with E-state index in [9.17, 15) is 4.79 Å². The van der Waals surface area contributed by atoms with E-state index in [-0.39, 0.29) is 5.25 Å². The molecular formula is C13H26O2S2. The van der Waals surface area contributed by atoms with Crippen LogP contribution < -0.4 is 0 Å². The van der Waals surface area contributed by atoms with Gasteiger partial charge < -0.3 is 5.11 Å².